The third-order valence-corrected chi connectivity index (χ3v) is 3.40. The number of rotatable bonds is 5. The maximum Gasteiger partial charge on any atom is 0.229 e. The van der Waals surface area contributed by atoms with Crippen LogP contribution in [0.15, 0.2) is 4.52 Å². The quantitative estimate of drug-likeness (QED) is 0.852. The van der Waals surface area contributed by atoms with Crippen LogP contribution in [0.3, 0.4) is 0 Å². The predicted octanol–water partition coefficient (Wildman–Crippen LogP) is 2.15. The zero-order chi connectivity index (χ0) is 12.3. The van der Waals surface area contributed by atoms with Crippen molar-refractivity contribution in [2.75, 3.05) is 7.11 Å². The number of hydrogen-bond acceptors (Lipinski definition) is 5. The number of hydrogen-bond donors (Lipinski definition) is 1. The average Bonchev–Trinajstić information content (AvgIpc) is 2.94. The van der Waals surface area contributed by atoms with E-state index in [9.17, 15) is 0 Å². The predicted molar refractivity (Wildman–Crippen MR) is 63.5 cm³/mol. The first-order valence-electron chi connectivity index (χ1n) is 6.36. The molecule has 17 heavy (non-hydrogen) atoms. The molecule has 1 aliphatic rings. The minimum atomic E-state index is -0.0485. The summed E-state index contributed by atoms with van der Waals surface area (Å²) in [4.78, 5) is 4.46. The van der Waals surface area contributed by atoms with Gasteiger partial charge in [-0.2, -0.15) is 4.98 Å². The number of aromatic nitrogens is 2. The fraction of sp³-hybridized carbons (Fsp3) is 0.833. The molecule has 0 radical (unpaired) electrons. The number of methoxy groups -OCH3 is 1. The minimum absolute atomic E-state index is 0.0485. The summed E-state index contributed by atoms with van der Waals surface area (Å²) in [7, 11) is 1.68. The molecule has 0 aliphatic heterocycles. The van der Waals surface area contributed by atoms with Gasteiger partial charge in [0.25, 0.3) is 0 Å². The van der Waals surface area contributed by atoms with Crippen LogP contribution in [-0.2, 0) is 4.74 Å². The van der Waals surface area contributed by atoms with Crippen LogP contribution < -0.4 is 5.73 Å². The molecule has 1 aliphatic carbocycles. The average molecular weight is 239 g/mol. The molecule has 0 spiro atoms. The smallest absolute Gasteiger partial charge is 0.229 e. The van der Waals surface area contributed by atoms with Gasteiger partial charge in [0.15, 0.2) is 0 Å². The van der Waals surface area contributed by atoms with E-state index in [-0.39, 0.29) is 12.1 Å². The summed E-state index contributed by atoms with van der Waals surface area (Å²) in [5.41, 5.74) is 5.89. The molecule has 1 fully saturated rings. The Kier molecular flexibility index (Phi) is 4.12. The van der Waals surface area contributed by atoms with Crippen molar-refractivity contribution < 1.29 is 9.26 Å². The van der Waals surface area contributed by atoms with Crippen molar-refractivity contribution in [3.8, 4) is 0 Å². The Bertz CT molecular complexity index is 335. The lowest BCUT2D eigenvalue weighted by atomic mass is 10.1. The van der Waals surface area contributed by atoms with E-state index in [1.165, 1.54) is 0 Å². The van der Waals surface area contributed by atoms with E-state index in [4.69, 9.17) is 15.0 Å². The summed E-state index contributed by atoms with van der Waals surface area (Å²) in [5.74, 6) is 1.74. The first-order chi connectivity index (χ1) is 8.24. The Morgan fingerprint density at radius 3 is 2.94 bits per heavy atom. The van der Waals surface area contributed by atoms with Crippen molar-refractivity contribution in [3.63, 3.8) is 0 Å². The second kappa shape index (κ2) is 5.60. The summed E-state index contributed by atoms with van der Waals surface area (Å²) < 4.78 is 10.7. The Morgan fingerprint density at radius 1 is 1.53 bits per heavy atom. The molecule has 2 rings (SSSR count). The monoisotopic (exact) mass is 239 g/mol. The van der Waals surface area contributed by atoms with Gasteiger partial charge in [0.05, 0.1) is 0 Å². The molecule has 1 saturated carbocycles. The molecule has 3 unspecified atom stereocenters. The van der Waals surface area contributed by atoms with Crippen molar-refractivity contribution in [2.45, 2.75) is 57.1 Å². The minimum Gasteiger partial charge on any atom is -0.373 e. The molecule has 5 nitrogen and oxygen atoms in total. The summed E-state index contributed by atoms with van der Waals surface area (Å²) in [5, 5.41) is 4.02. The molecule has 1 heterocycles. The molecular formula is C12H21N3O2. The lowest BCUT2D eigenvalue weighted by Crippen LogP contribution is -2.14. The highest BCUT2D eigenvalue weighted by atomic mass is 16.5. The van der Waals surface area contributed by atoms with E-state index < -0.39 is 0 Å². The largest absolute Gasteiger partial charge is 0.373 e. The van der Waals surface area contributed by atoms with Crippen LogP contribution >= 0.6 is 0 Å². The Labute approximate surface area is 102 Å². The number of nitrogens with two attached hydrogens (primary N) is 1. The normalized spacial score (nSPS) is 26.3. The van der Waals surface area contributed by atoms with E-state index in [1.807, 2.05) is 0 Å². The van der Waals surface area contributed by atoms with E-state index in [2.05, 4.69) is 17.1 Å². The van der Waals surface area contributed by atoms with Crippen LogP contribution in [-0.4, -0.2) is 23.3 Å². The van der Waals surface area contributed by atoms with Gasteiger partial charge in [-0.25, -0.2) is 0 Å². The van der Waals surface area contributed by atoms with E-state index >= 15 is 0 Å². The highest BCUT2D eigenvalue weighted by molar-refractivity contribution is 5.00. The Morgan fingerprint density at radius 2 is 2.35 bits per heavy atom. The lowest BCUT2D eigenvalue weighted by molar-refractivity contribution is 0.0854. The summed E-state index contributed by atoms with van der Waals surface area (Å²) >= 11 is 0. The van der Waals surface area contributed by atoms with Crippen molar-refractivity contribution in [1.29, 1.82) is 0 Å². The van der Waals surface area contributed by atoms with Gasteiger partial charge in [-0.05, 0) is 25.7 Å². The van der Waals surface area contributed by atoms with Gasteiger partial charge in [0.2, 0.25) is 11.7 Å². The maximum atomic E-state index is 5.89. The van der Waals surface area contributed by atoms with Crippen LogP contribution in [0.5, 0.6) is 0 Å². The van der Waals surface area contributed by atoms with Crippen LogP contribution in [0, 0.1) is 0 Å². The third kappa shape index (κ3) is 2.84. The second-order valence-electron chi connectivity index (χ2n) is 4.77. The zero-order valence-electron chi connectivity index (χ0n) is 10.6. The van der Waals surface area contributed by atoms with Crippen LogP contribution in [0.4, 0.5) is 0 Å². The topological polar surface area (TPSA) is 74.2 Å². The van der Waals surface area contributed by atoms with Crippen LogP contribution in [0.1, 0.15) is 62.8 Å². The van der Waals surface area contributed by atoms with Gasteiger partial charge in [0.1, 0.15) is 6.10 Å². The van der Waals surface area contributed by atoms with Crippen LogP contribution in [0.25, 0.3) is 0 Å². The van der Waals surface area contributed by atoms with Crippen molar-refractivity contribution in [2.24, 2.45) is 5.73 Å². The molecular weight excluding hydrogens is 218 g/mol. The molecule has 0 bridgehead atoms. The van der Waals surface area contributed by atoms with Gasteiger partial charge in [-0.1, -0.05) is 18.5 Å². The Balaban J connectivity index is 2.04. The summed E-state index contributed by atoms with van der Waals surface area (Å²) in [6.45, 7) is 2.11. The number of ether oxygens (including phenoxy) is 1. The SMILES string of the molecule is CCCC(OC)c1noc(C2CCC(N)C2)n1. The number of nitrogens with zero attached hydrogens (tertiary/aromatic N) is 2. The van der Waals surface area contributed by atoms with Gasteiger partial charge in [-0.3, -0.25) is 0 Å². The van der Waals surface area contributed by atoms with Gasteiger partial charge >= 0.3 is 0 Å². The molecule has 0 saturated heterocycles. The van der Waals surface area contributed by atoms with E-state index in [0.29, 0.717) is 11.7 Å². The summed E-state index contributed by atoms with van der Waals surface area (Å²) in [6, 6.07) is 0.282. The summed E-state index contributed by atoms with van der Waals surface area (Å²) in [6.07, 6.45) is 4.95. The zero-order valence-corrected chi connectivity index (χ0v) is 10.6. The van der Waals surface area contributed by atoms with E-state index in [0.717, 1.165) is 38.0 Å². The molecule has 2 N–H and O–H groups in total. The highest BCUT2D eigenvalue weighted by Crippen LogP contribution is 2.33. The first-order valence-corrected chi connectivity index (χ1v) is 6.36. The van der Waals surface area contributed by atoms with Crippen LogP contribution in [0.2, 0.25) is 0 Å². The van der Waals surface area contributed by atoms with Gasteiger partial charge < -0.3 is 15.0 Å². The molecule has 1 aromatic heterocycles. The highest BCUT2D eigenvalue weighted by Gasteiger charge is 2.28. The fourth-order valence-corrected chi connectivity index (χ4v) is 2.40. The van der Waals surface area contributed by atoms with Crippen molar-refractivity contribution in [1.82, 2.24) is 10.1 Å². The molecule has 5 heteroatoms. The van der Waals surface area contributed by atoms with Gasteiger partial charge in [0, 0.05) is 19.1 Å². The second-order valence-corrected chi connectivity index (χ2v) is 4.77. The molecule has 96 valence electrons. The first kappa shape index (κ1) is 12.5. The molecule has 3 atom stereocenters. The van der Waals surface area contributed by atoms with Gasteiger partial charge in [-0.15, -0.1) is 0 Å². The molecule has 0 aromatic carbocycles. The van der Waals surface area contributed by atoms with E-state index in [1.54, 1.807) is 7.11 Å². The third-order valence-electron chi connectivity index (χ3n) is 3.40. The van der Waals surface area contributed by atoms with Crippen molar-refractivity contribution >= 4 is 0 Å². The molecule has 0 amide bonds. The van der Waals surface area contributed by atoms with Crippen molar-refractivity contribution in [3.05, 3.63) is 11.7 Å². The lowest BCUT2D eigenvalue weighted by Gasteiger charge is -2.08. The Hall–Kier alpha value is -0.940. The molecule has 1 aromatic rings. The standard InChI is InChI=1S/C12H21N3O2/c1-3-4-10(16-2)11-14-12(17-15-11)8-5-6-9(13)7-8/h8-10H,3-7,13H2,1-2H3. The maximum absolute atomic E-state index is 5.89. The fourth-order valence-electron chi connectivity index (χ4n) is 2.40.